The van der Waals surface area contributed by atoms with Crippen LogP contribution in [0.1, 0.15) is 25.8 Å². The van der Waals surface area contributed by atoms with Crippen molar-refractivity contribution >= 4 is 5.91 Å². The molecule has 1 aliphatic heterocycles. The molecule has 0 radical (unpaired) electrons. The molecule has 1 aliphatic rings. The molecule has 1 amide bonds. The predicted molar refractivity (Wildman–Crippen MR) is 79.6 cm³/mol. The molecule has 2 N–H and O–H groups in total. The molecule has 20 heavy (non-hydrogen) atoms. The summed E-state index contributed by atoms with van der Waals surface area (Å²) in [5, 5.41) is 12.6. The van der Waals surface area contributed by atoms with Gasteiger partial charge in [-0.1, -0.05) is 18.2 Å². The SMILES string of the molecule is CC(C)N1CCC(CNC(=O)Cc2ccccc2O)C1. The molecule has 1 unspecified atom stereocenters. The van der Waals surface area contributed by atoms with Crippen molar-refractivity contribution in [2.24, 2.45) is 5.92 Å². The van der Waals surface area contributed by atoms with Gasteiger partial charge in [-0.3, -0.25) is 4.79 Å². The maximum Gasteiger partial charge on any atom is 0.224 e. The first-order chi connectivity index (χ1) is 9.56. The van der Waals surface area contributed by atoms with Gasteiger partial charge in [0.05, 0.1) is 6.42 Å². The third kappa shape index (κ3) is 3.97. The van der Waals surface area contributed by atoms with Crippen LogP contribution in [0, 0.1) is 5.92 Å². The third-order valence-corrected chi connectivity index (χ3v) is 3.98. The first-order valence-electron chi connectivity index (χ1n) is 7.34. The van der Waals surface area contributed by atoms with Crippen LogP contribution < -0.4 is 5.32 Å². The number of para-hydroxylation sites is 1. The summed E-state index contributed by atoms with van der Waals surface area (Å²) in [4.78, 5) is 14.3. The molecular weight excluding hydrogens is 252 g/mol. The maximum atomic E-state index is 11.9. The molecule has 4 heteroatoms. The lowest BCUT2D eigenvalue weighted by atomic mass is 10.1. The van der Waals surface area contributed by atoms with Crippen molar-refractivity contribution in [1.29, 1.82) is 0 Å². The van der Waals surface area contributed by atoms with Crippen LogP contribution in [0.3, 0.4) is 0 Å². The van der Waals surface area contributed by atoms with Gasteiger partial charge in [-0.2, -0.15) is 0 Å². The van der Waals surface area contributed by atoms with Crippen molar-refractivity contribution in [3.8, 4) is 5.75 Å². The van der Waals surface area contributed by atoms with Gasteiger partial charge in [0.15, 0.2) is 0 Å². The van der Waals surface area contributed by atoms with Crippen molar-refractivity contribution in [3.63, 3.8) is 0 Å². The molecule has 110 valence electrons. The summed E-state index contributed by atoms with van der Waals surface area (Å²) in [5.74, 6) is 0.717. The van der Waals surface area contributed by atoms with Crippen LogP contribution in [0.15, 0.2) is 24.3 Å². The number of rotatable bonds is 5. The minimum atomic E-state index is -0.0190. The van der Waals surface area contributed by atoms with Gasteiger partial charge in [0.1, 0.15) is 5.75 Å². The summed E-state index contributed by atoms with van der Waals surface area (Å²) in [5.41, 5.74) is 0.681. The Bertz CT molecular complexity index is 460. The first kappa shape index (κ1) is 14.9. The largest absolute Gasteiger partial charge is 0.508 e. The quantitative estimate of drug-likeness (QED) is 0.862. The maximum absolute atomic E-state index is 11.9. The summed E-state index contributed by atoms with van der Waals surface area (Å²) in [6.45, 7) is 7.33. The molecule has 0 aliphatic carbocycles. The summed E-state index contributed by atoms with van der Waals surface area (Å²) in [6, 6.07) is 7.57. The van der Waals surface area contributed by atoms with Crippen LogP contribution in [0.25, 0.3) is 0 Å². The molecule has 1 aromatic rings. The number of carbonyl (C=O) groups is 1. The molecule has 1 saturated heterocycles. The number of carbonyl (C=O) groups excluding carboxylic acids is 1. The summed E-state index contributed by atoms with van der Waals surface area (Å²) in [6.07, 6.45) is 1.39. The molecule has 1 heterocycles. The van der Waals surface area contributed by atoms with Gasteiger partial charge < -0.3 is 15.3 Å². The van der Waals surface area contributed by atoms with Gasteiger partial charge in [0, 0.05) is 24.7 Å². The fourth-order valence-corrected chi connectivity index (χ4v) is 2.65. The van der Waals surface area contributed by atoms with Gasteiger partial charge in [-0.15, -0.1) is 0 Å². The Balaban J connectivity index is 1.75. The van der Waals surface area contributed by atoms with E-state index in [1.165, 1.54) is 0 Å². The van der Waals surface area contributed by atoms with E-state index in [9.17, 15) is 9.90 Å². The van der Waals surface area contributed by atoms with E-state index in [2.05, 4.69) is 24.1 Å². The van der Waals surface area contributed by atoms with E-state index < -0.39 is 0 Å². The summed E-state index contributed by atoms with van der Waals surface area (Å²) >= 11 is 0. The van der Waals surface area contributed by atoms with E-state index >= 15 is 0 Å². The number of nitrogens with zero attached hydrogens (tertiary/aromatic N) is 1. The van der Waals surface area contributed by atoms with E-state index in [1.807, 2.05) is 6.07 Å². The minimum absolute atomic E-state index is 0.0190. The zero-order valence-electron chi connectivity index (χ0n) is 12.3. The standard InChI is InChI=1S/C16H24N2O2/c1-12(2)18-8-7-13(11-18)10-17-16(20)9-14-5-3-4-6-15(14)19/h3-6,12-13,19H,7-11H2,1-2H3,(H,17,20). The molecule has 1 aromatic carbocycles. The molecular formula is C16H24N2O2. The topological polar surface area (TPSA) is 52.6 Å². The smallest absolute Gasteiger partial charge is 0.224 e. The summed E-state index contributed by atoms with van der Waals surface area (Å²) < 4.78 is 0. The number of phenols is 1. The Kier molecular flexibility index (Phi) is 5.01. The highest BCUT2D eigenvalue weighted by Crippen LogP contribution is 2.18. The highest BCUT2D eigenvalue weighted by molar-refractivity contribution is 5.79. The number of hydrogen-bond donors (Lipinski definition) is 2. The number of likely N-dealkylation sites (tertiary alicyclic amines) is 1. The second kappa shape index (κ2) is 6.75. The van der Waals surface area contributed by atoms with E-state index in [4.69, 9.17) is 0 Å². The van der Waals surface area contributed by atoms with Crippen molar-refractivity contribution in [2.75, 3.05) is 19.6 Å². The molecule has 1 fully saturated rings. The first-order valence-corrected chi connectivity index (χ1v) is 7.34. The van der Waals surface area contributed by atoms with Crippen LogP contribution in [0.2, 0.25) is 0 Å². The van der Waals surface area contributed by atoms with Crippen LogP contribution in [-0.2, 0) is 11.2 Å². The van der Waals surface area contributed by atoms with Gasteiger partial charge in [0.2, 0.25) is 5.91 Å². The fraction of sp³-hybridized carbons (Fsp3) is 0.562. The Labute approximate surface area is 120 Å². The highest BCUT2D eigenvalue weighted by atomic mass is 16.3. The minimum Gasteiger partial charge on any atom is -0.508 e. The van der Waals surface area contributed by atoms with Crippen molar-refractivity contribution in [1.82, 2.24) is 10.2 Å². The molecule has 0 spiro atoms. The lowest BCUT2D eigenvalue weighted by Crippen LogP contribution is -2.33. The molecule has 4 nitrogen and oxygen atoms in total. The number of benzene rings is 1. The zero-order chi connectivity index (χ0) is 14.5. The highest BCUT2D eigenvalue weighted by Gasteiger charge is 2.24. The third-order valence-electron chi connectivity index (χ3n) is 3.98. The van der Waals surface area contributed by atoms with E-state index in [0.717, 1.165) is 26.1 Å². The van der Waals surface area contributed by atoms with E-state index in [0.29, 0.717) is 17.5 Å². The van der Waals surface area contributed by atoms with Crippen molar-refractivity contribution < 1.29 is 9.90 Å². The van der Waals surface area contributed by atoms with Crippen LogP contribution in [0.5, 0.6) is 5.75 Å². The Morgan fingerprint density at radius 3 is 2.85 bits per heavy atom. The fourth-order valence-electron chi connectivity index (χ4n) is 2.65. The zero-order valence-corrected chi connectivity index (χ0v) is 12.3. The van der Waals surface area contributed by atoms with Gasteiger partial charge in [-0.25, -0.2) is 0 Å². The second-order valence-corrected chi connectivity index (χ2v) is 5.85. The van der Waals surface area contributed by atoms with Gasteiger partial charge in [-0.05, 0) is 38.8 Å². The molecule has 0 aromatic heterocycles. The average Bonchev–Trinajstić information content (AvgIpc) is 2.88. The van der Waals surface area contributed by atoms with Gasteiger partial charge in [0.25, 0.3) is 0 Å². The van der Waals surface area contributed by atoms with Gasteiger partial charge >= 0.3 is 0 Å². The lowest BCUT2D eigenvalue weighted by molar-refractivity contribution is -0.120. The Hall–Kier alpha value is -1.55. The number of aromatic hydroxyl groups is 1. The Morgan fingerprint density at radius 2 is 2.20 bits per heavy atom. The normalized spacial score (nSPS) is 19.4. The van der Waals surface area contributed by atoms with Crippen LogP contribution in [-0.4, -0.2) is 41.6 Å². The molecule has 1 atom stereocenters. The average molecular weight is 276 g/mol. The van der Waals surface area contributed by atoms with Crippen molar-refractivity contribution in [2.45, 2.75) is 32.7 Å². The molecule has 0 saturated carbocycles. The predicted octanol–water partition coefficient (Wildman–Crippen LogP) is 1.78. The van der Waals surface area contributed by atoms with Crippen LogP contribution in [0.4, 0.5) is 0 Å². The number of hydrogen-bond acceptors (Lipinski definition) is 3. The number of amides is 1. The number of nitrogens with one attached hydrogen (secondary N) is 1. The monoisotopic (exact) mass is 276 g/mol. The summed E-state index contributed by atoms with van der Waals surface area (Å²) in [7, 11) is 0. The van der Waals surface area contributed by atoms with E-state index in [-0.39, 0.29) is 18.1 Å². The number of phenolic OH excluding ortho intramolecular Hbond substituents is 1. The second-order valence-electron chi connectivity index (χ2n) is 5.85. The molecule has 0 bridgehead atoms. The van der Waals surface area contributed by atoms with E-state index in [1.54, 1.807) is 18.2 Å². The Morgan fingerprint density at radius 1 is 1.45 bits per heavy atom. The lowest BCUT2D eigenvalue weighted by Gasteiger charge is -2.20. The van der Waals surface area contributed by atoms with Crippen LogP contribution >= 0.6 is 0 Å². The molecule has 2 rings (SSSR count). The van der Waals surface area contributed by atoms with Crippen molar-refractivity contribution in [3.05, 3.63) is 29.8 Å².